The van der Waals surface area contributed by atoms with Gasteiger partial charge in [0, 0.05) is 11.4 Å². The molecular formula is C13H17ClO2. The van der Waals surface area contributed by atoms with Gasteiger partial charge in [0.25, 0.3) is 0 Å². The van der Waals surface area contributed by atoms with Crippen molar-refractivity contribution in [2.75, 3.05) is 0 Å². The highest BCUT2D eigenvalue weighted by molar-refractivity contribution is 6.30. The Morgan fingerprint density at radius 2 is 1.94 bits per heavy atom. The van der Waals surface area contributed by atoms with Crippen LogP contribution in [0.3, 0.4) is 0 Å². The molecule has 88 valence electrons. The molecule has 0 aliphatic rings. The highest BCUT2D eigenvalue weighted by Crippen LogP contribution is 2.24. The van der Waals surface area contributed by atoms with Crippen LogP contribution in [0.25, 0.3) is 0 Å². The number of hydrogen-bond acceptors (Lipinski definition) is 2. The van der Waals surface area contributed by atoms with E-state index in [1.807, 2.05) is 24.3 Å². The van der Waals surface area contributed by atoms with Crippen molar-refractivity contribution >= 4 is 17.6 Å². The van der Waals surface area contributed by atoms with Gasteiger partial charge < -0.3 is 4.74 Å². The molecule has 0 bridgehead atoms. The minimum absolute atomic E-state index is 0.144. The maximum absolute atomic E-state index is 11.3. The Morgan fingerprint density at radius 1 is 1.31 bits per heavy atom. The lowest BCUT2D eigenvalue weighted by Crippen LogP contribution is -2.10. The molecule has 2 nitrogen and oxygen atoms in total. The van der Waals surface area contributed by atoms with Crippen LogP contribution in [0.15, 0.2) is 24.3 Å². The first-order valence-corrected chi connectivity index (χ1v) is 6.00. The summed E-state index contributed by atoms with van der Waals surface area (Å²) < 4.78 is 5.38. The fourth-order valence-corrected chi connectivity index (χ4v) is 1.60. The molecule has 0 aliphatic heterocycles. The van der Waals surface area contributed by atoms with E-state index >= 15 is 0 Å². The molecule has 0 heterocycles. The number of benzene rings is 1. The summed E-state index contributed by atoms with van der Waals surface area (Å²) in [4.78, 5) is 11.3. The molecule has 16 heavy (non-hydrogen) atoms. The Kier molecular flexibility index (Phi) is 5.33. The van der Waals surface area contributed by atoms with Crippen molar-refractivity contribution in [1.29, 1.82) is 0 Å². The van der Waals surface area contributed by atoms with E-state index in [1.54, 1.807) is 6.92 Å². The van der Waals surface area contributed by atoms with E-state index in [2.05, 4.69) is 6.92 Å². The van der Waals surface area contributed by atoms with E-state index < -0.39 is 0 Å². The van der Waals surface area contributed by atoms with Gasteiger partial charge in [0.2, 0.25) is 0 Å². The normalized spacial score (nSPS) is 12.2. The summed E-state index contributed by atoms with van der Waals surface area (Å²) in [6.45, 7) is 3.87. The molecule has 3 heteroatoms. The quantitative estimate of drug-likeness (QED) is 0.724. The van der Waals surface area contributed by atoms with Gasteiger partial charge >= 0.3 is 5.97 Å². The SMILES string of the molecule is CCCC(OC(=O)CC)c1ccc(Cl)cc1. The van der Waals surface area contributed by atoms with Crippen LogP contribution in [0.4, 0.5) is 0 Å². The topological polar surface area (TPSA) is 26.3 Å². The monoisotopic (exact) mass is 240 g/mol. The number of hydrogen-bond donors (Lipinski definition) is 0. The van der Waals surface area contributed by atoms with Crippen LogP contribution in [-0.4, -0.2) is 5.97 Å². The van der Waals surface area contributed by atoms with Gasteiger partial charge in [0.1, 0.15) is 6.10 Å². The third-order valence-corrected chi connectivity index (χ3v) is 2.61. The maximum atomic E-state index is 11.3. The second-order valence-electron chi connectivity index (χ2n) is 3.67. The lowest BCUT2D eigenvalue weighted by atomic mass is 10.1. The Balaban J connectivity index is 2.76. The standard InChI is InChI=1S/C13H17ClO2/c1-3-5-12(16-13(15)4-2)10-6-8-11(14)9-7-10/h6-9,12H,3-5H2,1-2H3. The van der Waals surface area contributed by atoms with Gasteiger partial charge in [0.05, 0.1) is 0 Å². The number of esters is 1. The van der Waals surface area contributed by atoms with E-state index in [0.717, 1.165) is 18.4 Å². The third kappa shape index (κ3) is 3.86. The zero-order valence-corrected chi connectivity index (χ0v) is 10.5. The van der Waals surface area contributed by atoms with E-state index in [-0.39, 0.29) is 12.1 Å². The van der Waals surface area contributed by atoms with Gasteiger partial charge in [-0.25, -0.2) is 0 Å². The molecule has 0 saturated heterocycles. The number of carbonyl (C=O) groups excluding carboxylic acids is 1. The first-order valence-electron chi connectivity index (χ1n) is 5.62. The first kappa shape index (κ1) is 13.0. The van der Waals surface area contributed by atoms with Gasteiger partial charge in [-0.3, -0.25) is 4.79 Å². The van der Waals surface area contributed by atoms with Crippen molar-refractivity contribution in [3.8, 4) is 0 Å². The average molecular weight is 241 g/mol. The van der Waals surface area contributed by atoms with E-state index in [1.165, 1.54) is 0 Å². The van der Waals surface area contributed by atoms with Crippen molar-refractivity contribution in [1.82, 2.24) is 0 Å². The highest BCUT2D eigenvalue weighted by atomic mass is 35.5. The summed E-state index contributed by atoms with van der Waals surface area (Å²) in [5, 5.41) is 0.695. The van der Waals surface area contributed by atoms with E-state index in [9.17, 15) is 4.79 Å². The lowest BCUT2D eigenvalue weighted by molar-refractivity contribution is -0.149. The van der Waals surface area contributed by atoms with Crippen molar-refractivity contribution in [2.45, 2.75) is 39.2 Å². The molecule has 0 fully saturated rings. The van der Waals surface area contributed by atoms with Crippen molar-refractivity contribution in [3.63, 3.8) is 0 Å². The Hall–Kier alpha value is -1.02. The third-order valence-electron chi connectivity index (χ3n) is 2.36. The average Bonchev–Trinajstić information content (AvgIpc) is 2.29. The van der Waals surface area contributed by atoms with Gasteiger partial charge in [-0.2, -0.15) is 0 Å². The number of carbonyl (C=O) groups is 1. The van der Waals surface area contributed by atoms with Crippen LogP contribution in [-0.2, 0) is 9.53 Å². The first-order chi connectivity index (χ1) is 7.67. The molecule has 0 amide bonds. The number of ether oxygens (including phenoxy) is 1. The summed E-state index contributed by atoms with van der Waals surface area (Å²) in [5.74, 6) is -0.159. The molecule has 0 N–H and O–H groups in total. The predicted molar refractivity (Wildman–Crippen MR) is 65.5 cm³/mol. The van der Waals surface area contributed by atoms with E-state index in [0.29, 0.717) is 11.4 Å². The summed E-state index contributed by atoms with van der Waals surface area (Å²) in [5.41, 5.74) is 1.01. The molecule has 1 rings (SSSR count). The summed E-state index contributed by atoms with van der Waals surface area (Å²) in [6.07, 6.45) is 2.08. The molecule has 1 aromatic carbocycles. The molecule has 1 aromatic rings. The zero-order valence-electron chi connectivity index (χ0n) is 9.70. The highest BCUT2D eigenvalue weighted by Gasteiger charge is 2.14. The van der Waals surface area contributed by atoms with Crippen LogP contribution in [0.1, 0.15) is 44.8 Å². The van der Waals surface area contributed by atoms with Gasteiger partial charge in [0.15, 0.2) is 0 Å². The van der Waals surface area contributed by atoms with Crippen LogP contribution < -0.4 is 0 Å². The van der Waals surface area contributed by atoms with Crippen molar-refractivity contribution in [2.24, 2.45) is 0 Å². The van der Waals surface area contributed by atoms with Gasteiger partial charge in [-0.1, -0.05) is 44.0 Å². The second kappa shape index (κ2) is 6.54. The summed E-state index contributed by atoms with van der Waals surface area (Å²) in [6, 6.07) is 7.45. The molecule has 0 spiro atoms. The molecule has 0 radical (unpaired) electrons. The molecular weight excluding hydrogens is 224 g/mol. The van der Waals surface area contributed by atoms with Crippen molar-refractivity contribution < 1.29 is 9.53 Å². The van der Waals surface area contributed by atoms with Crippen LogP contribution >= 0.6 is 11.6 Å². The zero-order chi connectivity index (χ0) is 12.0. The lowest BCUT2D eigenvalue weighted by Gasteiger charge is -2.17. The molecule has 0 aliphatic carbocycles. The molecule has 0 saturated carbocycles. The Morgan fingerprint density at radius 3 is 2.44 bits per heavy atom. The smallest absolute Gasteiger partial charge is 0.306 e. The van der Waals surface area contributed by atoms with Crippen LogP contribution in [0, 0.1) is 0 Å². The predicted octanol–water partition coefficient (Wildman–Crippen LogP) is 4.13. The van der Waals surface area contributed by atoms with Gasteiger partial charge in [-0.05, 0) is 24.1 Å². The summed E-state index contributed by atoms with van der Waals surface area (Å²) in [7, 11) is 0. The van der Waals surface area contributed by atoms with Crippen molar-refractivity contribution in [3.05, 3.63) is 34.9 Å². The number of halogens is 1. The maximum Gasteiger partial charge on any atom is 0.306 e. The second-order valence-corrected chi connectivity index (χ2v) is 4.11. The van der Waals surface area contributed by atoms with Crippen LogP contribution in [0.2, 0.25) is 5.02 Å². The number of rotatable bonds is 5. The minimum atomic E-state index is -0.159. The molecule has 0 aromatic heterocycles. The van der Waals surface area contributed by atoms with Crippen LogP contribution in [0.5, 0.6) is 0 Å². The Bertz CT molecular complexity index is 332. The fraction of sp³-hybridized carbons (Fsp3) is 0.462. The molecule has 1 unspecified atom stereocenters. The summed E-state index contributed by atoms with van der Waals surface area (Å²) >= 11 is 5.82. The molecule has 1 atom stereocenters. The minimum Gasteiger partial charge on any atom is -0.457 e. The van der Waals surface area contributed by atoms with E-state index in [4.69, 9.17) is 16.3 Å². The fourth-order valence-electron chi connectivity index (χ4n) is 1.48. The Labute approximate surface area is 102 Å². The van der Waals surface area contributed by atoms with Gasteiger partial charge in [-0.15, -0.1) is 0 Å². The largest absolute Gasteiger partial charge is 0.457 e.